The summed E-state index contributed by atoms with van der Waals surface area (Å²) in [6.07, 6.45) is 0. The summed E-state index contributed by atoms with van der Waals surface area (Å²) in [7, 11) is 1.35. The zero-order valence-corrected chi connectivity index (χ0v) is 10.3. The van der Waals surface area contributed by atoms with Gasteiger partial charge in [-0.2, -0.15) is 8.78 Å². The van der Waals surface area contributed by atoms with Crippen LogP contribution >= 0.6 is 0 Å². The van der Waals surface area contributed by atoms with Crippen molar-refractivity contribution in [3.05, 3.63) is 29.8 Å². The molecule has 5 nitrogen and oxygen atoms in total. The van der Waals surface area contributed by atoms with Crippen LogP contribution in [0.4, 0.5) is 8.78 Å². The molecule has 1 amide bonds. The second kappa shape index (κ2) is 6.12. The number of carboxylic acids is 1. The SMILES string of the molecule is CC(C(=O)O)N(C)C(=O)c1ccc(OC(F)F)cc1. The molecule has 1 N–H and O–H groups in total. The number of amides is 1. The van der Waals surface area contributed by atoms with Crippen LogP contribution in [0.5, 0.6) is 5.75 Å². The minimum Gasteiger partial charge on any atom is -0.480 e. The lowest BCUT2D eigenvalue weighted by Gasteiger charge is -2.21. The van der Waals surface area contributed by atoms with E-state index in [4.69, 9.17) is 5.11 Å². The summed E-state index contributed by atoms with van der Waals surface area (Å²) >= 11 is 0. The van der Waals surface area contributed by atoms with E-state index in [1.165, 1.54) is 38.2 Å². The highest BCUT2D eigenvalue weighted by Gasteiger charge is 2.22. The molecule has 104 valence electrons. The Morgan fingerprint density at radius 3 is 2.21 bits per heavy atom. The molecule has 0 saturated heterocycles. The molecule has 0 fully saturated rings. The van der Waals surface area contributed by atoms with E-state index in [0.717, 1.165) is 4.90 Å². The topological polar surface area (TPSA) is 66.8 Å². The van der Waals surface area contributed by atoms with Crippen molar-refractivity contribution in [1.29, 1.82) is 0 Å². The second-order valence-corrected chi connectivity index (χ2v) is 3.83. The van der Waals surface area contributed by atoms with Gasteiger partial charge in [-0.25, -0.2) is 4.79 Å². The molecule has 0 aliphatic rings. The molecule has 19 heavy (non-hydrogen) atoms. The first kappa shape index (κ1) is 14.9. The largest absolute Gasteiger partial charge is 0.480 e. The Hall–Kier alpha value is -2.18. The van der Waals surface area contributed by atoms with Crippen molar-refractivity contribution in [2.24, 2.45) is 0 Å². The van der Waals surface area contributed by atoms with Gasteiger partial charge in [0.25, 0.3) is 5.91 Å². The van der Waals surface area contributed by atoms with Gasteiger partial charge < -0.3 is 14.7 Å². The van der Waals surface area contributed by atoms with Gasteiger partial charge in [0.15, 0.2) is 0 Å². The van der Waals surface area contributed by atoms with Gasteiger partial charge in [0.05, 0.1) is 0 Å². The number of hydrogen-bond acceptors (Lipinski definition) is 3. The number of rotatable bonds is 5. The van der Waals surface area contributed by atoms with E-state index in [-0.39, 0.29) is 11.3 Å². The van der Waals surface area contributed by atoms with Crippen LogP contribution in [0.1, 0.15) is 17.3 Å². The zero-order valence-electron chi connectivity index (χ0n) is 10.3. The number of carbonyl (C=O) groups is 2. The summed E-state index contributed by atoms with van der Waals surface area (Å²) in [5, 5.41) is 8.79. The summed E-state index contributed by atoms with van der Waals surface area (Å²) < 4.78 is 28.0. The molecule has 0 aliphatic heterocycles. The fourth-order valence-electron chi connectivity index (χ4n) is 1.32. The molecule has 1 aromatic rings. The Labute approximate surface area is 108 Å². The van der Waals surface area contributed by atoms with Crippen LogP contribution in [-0.4, -0.2) is 41.6 Å². The van der Waals surface area contributed by atoms with Crippen molar-refractivity contribution in [3.8, 4) is 5.75 Å². The highest BCUT2D eigenvalue weighted by molar-refractivity contribution is 5.96. The smallest absolute Gasteiger partial charge is 0.387 e. The van der Waals surface area contributed by atoms with Crippen LogP contribution in [0.3, 0.4) is 0 Å². The molecule has 1 rings (SSSR count). The molecule has 1 unspecified atom stereocenters. The van der Waals surface area contributed by atoms with Crippen molar-refractivity contribution >= 4 is 11.9 Å². The van der Waals surface area contributed by atoms with Gasteiger partial charge in [0.2, 0.25) is 0 Å². The molecule has 0 aliphatic carbocycles. The van der Waals surface area contributed by atoms with Crippen molar-refractivity contribution in [2.45, 2.75) is 19.6 Å². The number of benzene rings is 1. The van der Waals surface area contributed by atoms with Crippen LogP contribution in [-0.2, 0) is 4.79 Å². The number of ether oxygens (including phenoxy) is 1. The van der Waals surface area contributed by atoms with E-state index in [0.29, 0.717) is 0 Å². The third-order valence-electron chi connectivity index (χ3n) is 2.59. The minimum absolute atomic E-state index is 0.0690. The van der Waals surface area contributed by atoms with E-state index in [9.17, 15) is 18.4 Å². The van der Waals surface area contributed by atoms with Crippen molar-refractivity contribution < 1.29 is 28.2 Å². The Morgan fingerprint density at radius 2 is 1.79 bits per heavy atom. The fourth-order valence-corrected chi connectivity index (χ4v) is 1.32. The van der Waals surface area contributed by atoms with Gasteiger partial charge in [-0.05, 0) is 31.2 Å². The lowest BCUT2D eigenvalue weighted by Crippen LogP contribution is -2.40. The summed E-state index contributed by atoms with van der Waals surface area (Å²) in [5.74, 6) is -1.72. The average Bonchev–Trinajstić information content (AvgIpc) is 2.36. The number of carboxylic acid groups (broad SMARTS) is 1. The van der Waals surface area contributed by atoms with Gasteiger partial charge in [-0.15, -0.1) is 0 Å². The van der Waals surface area contributed by atoms with Gasteiger partial charge in [0, 0.05) is 12.6 Å². The number of halogens is 2. The maximum atomic E-state index is 11.9. The van der Waals surface area contributed by atoms with Crippen LogP contribution < -0.4 is 4.74 Å². The third-order valence-corrected chi connectivity index (χ3v) is 2.59. The molecule has 1 aromatic carbocycles. The second-order valence-electron chi connectivity index (χ2n) is 3.83. The van der Waals surface area contributed by atoms with Gasteiger partial charge in [0.1, 0.15) is 11.8 Å². The summed E-state index contributed by atoms with van der Waals surface area (Å²) in [4.78, 5) is 23.7. The minimum atomic E-state index is -2.93. The monoisotopic (exact) mass is 273 g/mol. The van der Waals surface area contributed by atoms with Crippen molar-refractivity contribution in [1.82, 2.24) is 4.90 Å². The molecule has 0 heterocycles. The lowest BCUT2D eigenvalue weighted by atomic mass is 10.1. The zero-order chi connectivity index (χ0) is 14.6. The maximum Gasteiger partial charge on any atom is 0.387 e. The van der Waals surface area contributed by atoms with Crippen molar-refractivity contribution in [2.75, 3.05) is 7.05 Å². The molecule has 0 bridgehead atoms. The van der Waals surface area contributed by atoms with E-state index in [1.54, 1.807) is 0 Å². The molecule has 0 saturated carbocycles. The van der Waals surface area contributed by atoms with Crippen molar-refractivity contribution in [3.63, 3.8) is 0 Å². The van der Waals surface area contributed by atoms with Gasteiger partial charge in [-0.1, -0.05) is 0 Å². The predicted molar refractivity (Wildman–Crippen MR) is 62.3 cm³/mol. The predicted octanol–water partition coefficient (Wildman–Crippen LogP) is 1.83. The summed E-state index contributed by atoms with van der Waals surface area (Å²) in [5.41, 5.74) is 0.192. The quantitative estimate of drug-likeness (QED) is 0.888. The summed E-state index contributed by atoms with van der Waals surface area (Å²) in [6.45, 7) is -1.56. The number of carbonyl (C=O) groups excluding carboxylic acids is 1. The first-order valence-corrected chi connectivity index (χ1v) is 5.37. The van der Waals surface area contributed by atoms with E-state index >= 15 is 0 Å². The number of hydrogen-bond donors (Lipinski definition) is 1. The molecule has 0 aromatic heterocycles. The highest BCUT2D eigenvalue weighted by atomic mass is 19.3. The fraction of sp³-hybridized carbons (Fsp3) is 0.333. The molecular formula is C12H13F2NO4. The summed E-state index contributed by atoms with van der Waals surface area (Å²) in [6, 6.07) is 4.05. The number of likely N-dealkylation sites (N-methyl/N-ethyl adjacent to an activating group) is 1. The molecule has 1 atom stereocenters. The number of alkyl halides is 2. The first-order valence-electron chi connectivity index (χ1n) is 5.37. The highest BCUT2D eigenvalue weighted by Crippen LogP contribution is 2.16. The molecule has 0 radical (unpaired) electrons. The molecule has 0 spiro atoms. The Kier molecular flexibility index (Phi) is 4.80. The van der Waals surface area contributed by atoms with Gasteiger partial charge in [-0.3, -0.25) is 4.79 Å². The number of aliphatic carboxylic acids is 1. The lowest BCUT2D eigenvalue weighted by molar-refractivity contribution is -0.141. The van der Waals surface area contributed by atoms with Crippen LogP contribution in [0.2, 0.25) is 0 Å². The van der Waals surface area contributed by atoms with E-state index in [1.807, 2.05) is 0 Å². The molecule has 7 heteroatoms. The Morgan fingerprint density at radius 1 is 1.26 bits per heavy atom. The van der Waals surface area contributed by atoms with Crippen LogP contribution in [0.15, 0.2) is 24.3 Å². The van der Waals surface area contributed by atoms with E-state index < -0.39 is 24.5 Å². The first-order chi connectivity index (χ1) is 8.82. The van der Waals surface area contributed by atoms with E-state index in [2.05, 4.69) is 4.74 Å². The average molecular weight is 273 g/mol. The maximum absolute atomic E-state index is 11.9. The van der Waals surface area contributed by atoms with Crippen LogP contribution in [0.25, 0.3) is 0 Å². The molecular weight excluding hydrogens is 260 g/mol. The van der Waals surface area contributed by atoms with Gasteiger partial charge >= 0.3 is 12.6 Å². The standard InChI is InChI=1S/C12H13F2NO4/c1-7(11(17)18)15(2)10(16)8-3-5-9(6-4-8)19-12(13)14/h3-7,12H,1-2H3,(H,17,18). The van der Waals surface area contributed by atoms with Crippen LogP contribution in [0, 0.1) is 0 Å². The Bertz CT molecular complexity index is 461. The number of nitrogens with zero attached hydrogens (tertiary/aromatic N) is 1. The Balaban J connectivity index is 2.80. The normalized spacial score (nSPS) is 12.1. The third kappa shape index (κ3) is 3.90.